The molecular weight excluding hydrogens is 333 g/mol. The third-order valence-corrected chi connectivity index (χ3v) is 5.20. The zero-order valence-electron chi connectivity index (χ0n) is 12.8. The number of halogens is 2. The lowest BCUT2D eigenvalue weighted by Gasteiger charge is -2.44. The lowest BCUT2D eigenvalue weighted by atomic mass is 9.86. The van der Waals surface area contributed by atoms with Crippen LogP contribution in [0.25, 0.3) is 0 Å². The van der Waals surface area contributed by atoms with Gasteiger partial charge < -0.3 is 0 Å². The monoisotopic (exact) mass is 357 g/mol. The van der Waals surface area contributed by atoms with Crippen molar-refractivity contribution in [1.29, 1.82) is 0 Å². The van der Waals surface area contributed by atoms with E-state index in [4.69, 9.17) is 5.84 Å². The third kappa shape index (κ3) is 3.65. The summed E-state index contributed by atoms with van der Waals surface area (Å²) in [6, 6.07) is 5.12. The van der Waals surface area contributed by atoms with Crippen LogP contribution < -0.4 is 11.3 Å². The van der Waals surface area contributed by atoms with E-state index in [-0.39, 0.29) is 17.4 Å². The number of nitrogens with one attached hydrogen (secondary N) is 1. The van der Waals surface area contributed by atoms with Gasteiger partial charge in [-0.2, -0.15) is 0 Å². The predicted molar refractivity (Wildman–Crippen MR) is 88.3 cm³/mol. The Bertz CT molecular complexity index is 471. The molecule has 0 radical (unpaired) electrons. The number of rotatable bonds is 4. The summed E-state index contributed by atoms with van der Waals surface area (Å²) in [6.45, 7) is 6.37. The maximum Gasteiger partial charge on any atom is 0.142 e. The second kappa shape index (κ2) is 7.18. The Balaban J connectivity index is 2.31. The minimum atomic E-state index is -0.256. The van der Waals surface area contributed by atoms with Crippen molar-refractivity contribution in [2.75, 3.05) is 13.1 Å². The van der Waals surface area contributed by atoms with E-state index >= 15 is 0 Å². The van der Waals surface area contributed by atoms with E-state index in [2.05, 4.69) is 40.1 Å². The van der Waals surface area contributed by atoms with Crippen molar-refractivity contribution in [2.45, 2.75) is 51.1 Å². The normalized spacial score (nSPS) is 19.3. The smallest absolute Gasteiger partial charge is 0.142 e. The number of hydrogen-bond donors (Lipinski definition) is 2. The fraction of sp³-hybridized carbons (Fsp3) is 0.625. The minimum absolute atomic E-state index is 0.233. The first-order valence-electron chi connectivity index (χ1n) is 7.63. The standard InChI is InChI=1S/C16H25BrFN3/c1-16(2,21-10-5-3-4-6-11-21)15(20-19)12-8-7-9-13(17)14(12)18/h7-9,15,20H,3-6,10-11,19H2,1-2H3. The van der Waals surface area contributed by atoms with Crippen LogP contribution in [0, 0.1) is 5.82 Å². The van der Waals surface area contributed by atoms with Gasteiger partial charge in [0.15, 0.2) is 0 Å². The van der Waals surface area contributed by atoms with Gasteiger partial charge >= 0.3 is 0 Å². The first kappa shape index (κ1) is 16.9. The molecule has 21 heavy (non-hydrogen) atoms. The van der Waals surface area contributed by atoms with Gasteiger partial charge in [-0.1, -0.05) is 25.0 Å². The molecule has 1 unspecified atom stereocenters. The van der Waals surface area contributed by atoms with Gasteiger partial charge in [0.2, 0.25) is 0 Å². The Labute approximate surface area is 135 Å². The van der Waals surface area contributed by atoms with Crippen LogP contribution in [0.1, 0.15) is 51.1 Å². The third-order valence-electron chi connectivity index (χ3n) is 4.59. The lowest BCUT2D eigenvalue weighted by molar-refractivity contribution is 0.0819. The Kier molecular flexibility index (Phi) is 5.77. The molecule has 0 saturated carbocycles. The zero-order valence-corrected chi connectivity index (χ0v) is 14.4. The molecule has 1 saturated heterocycles. The van der Waals surface area contributed by atoms with Gasteiger partial charge in [0, 0.05) is 11.1 Å². The van der Waals surface area contributed by atoms with Crippen molar-refractivity contribution < 1.29 is 4.39 Å². The molecule has 0 bridgehead atoms. The van der Waals surface area contributed by atoms with E-state index < -0.39 is 0 Å². The average Bonchev–Trinajstić information content (AvgIpc) is 2.73. The zero-order chi connectivity index (χ0) is 15.5. The maximum atomic E-state index is 14.5. The molecule has 0 aromatic heterocycles. The molecule has 5 heteroatoms. The molecule has 0 amide bonds. The van der Waals surface area contributed by atoms with Crippen LogP contribution in [0.2, 0.25) is 0 Å². The van der Waals surface area contributed by atoms with Gasteiger partial charge in [0.05, 0.1) is 10.5 Å². The van der Waals surface area contributed by atoms with Gasteiger partial charge in [0.25, 0.3) is 0 Å². The van der Waals surface area contributed by atoms with Crippen LogP contribution in [0.15, 0.2) is 22.7 Å². The molecule has 1 aliphatic rings. The van der Waals surface area contributed by atoms with Gasteiger partial charge in [-0.25, -0.2) is 4.39 Å². The number of hydrogen-bond acceptors (Lipinski definition) is 3. The van der Waals surface area contributed by atoms with Gasteiger partial charge in [0.1, 0.15) is 5.82 Å². The molecule has 118 valence electrons. The molecule has 1 heterocycles. The number of nitrogens with two attached hydrogens (primary N) is 1. The van der Waals surface area contributed by atoms with Crippen molar-refractivity contribution in [3.05, 3.63) is 34.1 Å². The van der Waals surface area contributed by atoms with Gasteiger partial charge in [-0.3, -0.25) is 16.2 Å². The Morgan fingerprint density at radius 2 is 1.86 bits per heavy atom. The van der Waals surface area contributed by atoms with Crippen molar-refractivity contribution in [2.24, 2.45) is 5.84 Å². The summed E-state index contributed by atoms with van der Waals surface area (Å²) in [7, 11) is 0. The summed E-state index contributed by atoms with van der Waals surface area (Å²) in [5, 5.41) is 0. The minimum Gasteiger partial charge on any atom is -0.296 e. The summed E-state index contributed by atoms with van der Waals surface area (Å²) in [5.41, 5.74) is 3.20. The van der Waals surface area contributed by atoms with Crippen molar-refractivity contribution in [3.8, 4) is 0 Å². The van der Waals surface area contributed by atoms with Crippen LogP contribution in [-0.2, 0) is 0 Å². The number of likely N-dealkylation sites (tertiary alicyclic amines) is 1. The van der Waals surface area contributed by atoms with E-state index in [1.165, 1.54) is 25.7 Å². The highest BCUT2D eigenvalue weighted by atomic mass is 79.9. The second-order valence-electron chi connectivity index (χ2n) is 6.30. The second-order valence-corrected chi connectivity index (χ2v) is 7.15. The fourth-order valence-corrected chi connectivity index (χ4v) is 3.63. The largest absolute Gasteiger partial charge is 0.296 e. The summed E-state index contributed by atoms with van der Waals surface area (Å²) >= 11 is 3.26. The van der Waals surface area contributed by atoms with Crippen molar-refractivity contribution in [1.82, 2.24) is 10.3 Å². The van der Waals surface area contributed by atoms with E-state index in [1.54, 1.807) is 6.07 Å². The summed E-state index contributed by atoms with van der Waals surface area (Å²) in [4.78, 5) is 2.44. The van der Waals surface area contributed by atoms with Crippen LogP contribution in [0.3, 0.4) is 0 Å². The predicted octanol–water partition coefficient (Wildman–Crippen LogP) is 3.75. The highest BCUT2D eigenvalue weighted by molar-refractivity contribution is 9.10. The molecular formula is C16H25BrFN3. The molecule has 1 fully saturated rings. The lowest BCUT2D eigenvalue weighted by Crippen LogP contribution is -2.54. The SMILES string of the molecule is CC(C)(C(NN)c1cccc(Br)c1F)N1CCCCCC1. The summed E-state index contributed by atoms with van der Waals surface area (Å²) < 4.78 is 14.9. The first-order valence-corrected chi connectivity index (χ1v) is 8.43. The van der Waals surface area contributed by atoms with E-state index in [0.717, 1.165) is 13.1 Å². The topological polar surface area (TPSA) is 41.3 Å². The molecule has 3 nitrogen and oxygen atoms in total. The van der Waals surface area contributed by atoms with Crippen LogP contribution in [-0.4, -0.2) is 23.5 Å². The molecule has 3 N–H and O–H groups in total. The van der Waals surface area contributed by atoms with Crippen LogP contribution >= 0.6 is 15.9 Å². The Morgan fingerprint density at radius 1 is 1.24 bits per heavy atom. The molecule has 2 rings (SSSR count). The quantitative estimate of drug-likeness (QED) is 0.636. The Hall–Kier alpha value is -0.490. The molecule has 0 spiro atoms. The number of benzene rings is 1. The molecule has 1 aliphatic heterocycles. The highest BCUT2D eigenvalue weighted by Gasteiger charge is 2.37. The summed E-state index contributed by atoms with van der Waals surface area (Å²) in [6.07, 6.45) is 4.94. The van der Waals surface area contributed by atoms with E-state index in [0.29, 0.717) is 10.0 Å². The fourth-order valence-electron chi connectivity index (χ4n) is 3.25. The van der Waals surface area contributed by atoms with E-state index in [9.17, 15) is 4.39 Å². The van der Waals surface area contributed by atoms with Crippen LogP contribution in [0.5, 0.6) is 0 Å². The summed E-state index contributed by atoms with van der Waals surface area (Å²) in [5.74, 6) is 5.56. The molecule has 1 aromatic rings. The van der Waals surface area contributed by atoms with Gasteiger partial charge in [-0.05, 0) is 61.8 Å². The number of hydrazine groups is 1. The highest BCUT2D eigenvalue weighted by Crippen LogP contribution is 2.35. The Morgan fingerprint density at radius 3 is 2.43 bits per heavy atom. The van der Waals surface area contributed by atoms with Crippen molar-refractivity contribution in [3.63, 3.8) is 0 Å². The average molecular weight is 358 g/mol. The molecule has 1 atom stereocenters. The van der Waals surface area contributed by atoms with Gasteiger partial charge in [-0.15, -0.1) is 0 Å². The molecule has 0 aliphatic carbocycles. The van der Waals surface area contributed by atoms with Crippen LogP contribution in [0.4, 0.5) is 4.39 Å². The molecule has 1 aromatic carbocycles. The van der Waals surface area contributed by atoms with E-state index in [1.807, 2.05) is 12.1 Å². The maximum absolute atomic E-state index is 14.5. The van der Waals surface area contributed by atoms with Crippen molar-refractivity contribution >= 4 is 15.9 Å². The first-order chi connectivity index (χ1) is 9.98. The number of nitrogens with zero attached hydrogens (tertiary/aromatic N) is 1.